The summed E-state index contributed by atoms with van der Waals surface area (Å²) in [4.78, 5) is 27.0. The van der Waals surface area contributed by atoms with Gasteiger partial charge in [-0.3, -0.25) is 9.59 Å². The maximum atomic E-state index is 12.7. The minimum absolute atomic E-state index is 0.0206. The summed E-state index contributed by atoms with van der Waals surface area (Å²) in [6.07, 6.45) is 4.70. The van der Waals surface area contributed by atoms with Crippen LogP contribution < -0.4 is 5.32 Å². The van der Waals surface area contributed by atoms with Crippen LogP contribution in [0.5, 0.6) is 0 Å². The molecule has 0 unspecified atom stereocenters. The second-order valence-electron chi connectivity index (χ2n) is 7.54. The van der Waals surface area contributed by atoms with E-state index in [0.717, 1.165) is 11.1 Å². The molecule has 1 saturated heterocycles. The maximum Gasteiger partial charge on any atom is 0.246 e. The number of amides is 2. The summed E-state index contributed by atoms with van der Waals surface area (Å²) in [5.41, 5.74) is 2.52. The molecule has 0 saturated carbocycles. The van der Waals surface area contributed by atoms with Crippen molar-refractivity contribution in [2.75, 3.05) is 18.4 Å². The van der Waals surface area contributed by atoms with Crippen LogP contribution in [0.3, 0.4) is 0 Å². The lowest BCUT2D eigenvalue weighted by Crippen LogP contribution is -2.40. The third kappa shape index (κ3) is 5.03. The van der Waals surface area contributed by atoms with Crippen LogP contribution >= 0.6 is 0 Å². The number of likely N-dealkylation sites (tertiary alicyclic amines) is 1. The van der Waals surface area contributed by atoms with E-state index in [1.165, 1.54) is 0 Å². The Morgan fingerprint density at radius 1 is 1.06 bits per heavy atom. The second kappa shape index (κ2) is 9.34. The van der Waals surface area contributed by atoms with Gasteiger partial charge in [-0.25, -0.2) is 4.68 Å². The summed E-state index contributed by atoms with van der Waals surface area (Å²) in [5.74, 6) is 0.460. The van der Waals surface area contributed by atoms with Gasteiger partial charge in [-0.05, 0) is 47.0 Å². The molecule has 8 heteroatoms. The number of benzene rings is 2. The lowest BCUT2D eigenvalue weighted by Gasteiger charge is -2.30. The number of hydrogen-bond acceptors (Lipinski definition) is 5. The number of nitrogens with zero attached hydrogens (tertiary/aromatic N) is 5. The molecular weight excluding hydrogens is 392 g/mol. The van der Waals surface area contributed by atoms with Crippen LogP contribution in [0.1, 0.15) is 18.4 Å². The second-order valence-corrected chi connectivity index (χ2v) is 7.54. The number of aryl methyl sites for hydroxylation is 1. The van der Waals surface area contributed by atoms with Crippen LogP contribution in [0.25, 0.3) is 17.5 Å². The van der Waals surface area contributed by atoms with E-state index in [-0.39, 0.29) is 17.7 Å². The zero-order valence-electron chi connectivity index (χ0n) is 17.3. The van der Waals surface area contributed by atoms with Crippen molar-refractivity contribution in [2.45, 2.75) is 12.8 Å². The highest BCUT2D eigenvalue weighted by Gasteiger charge is 2.26. The van der Waals surface area contributed by atoms with Gasteiger partial charge in [0, 0.05) is 43.4 Å². The van der Waals surface area contributed by atoms with E-state index in [4.69, 9.17) is 0 Å². The first-order valence-electron chi connectivity index (χ1n) is 10.3. The van der Waals surface area contributed by atoms with Crippen LogP contribution in [0.15, 0.2) is 60.7 Å². The monoisotopic (exact) mass is 416 g/mol. The highest BCUT2D eigenvalue weighted by molar-refractivity contribution is 5.94. The molecule has 1 N–H and O–H groups in total. The molecular formula is C23H24N6O2. The highest BCUT2D eigenvalue weighted by atomic mass is 16.2. The lowest BCUT2D eigenvalue weighted by molar-refractivity contribution is -0.130. The average molecular weight is 416 g/mol. The van der Waals surface area contributed by atoms with Crippen molar-refractivity contribution in [2.24, 2.45) is 13.0 Å². The van der Waals surface area contributed by atoms with E-state index >= 15 is 0 Å². The van der Waals surface area contributed by atoms with Crippen molar-refractivity contribution < 1.29 is 9.59 Å². The molecule has 4 rings (SSSR count). The van der Waals surface area contributed by atoms with E-state index in [9.17, 15) is 9.59 Å². The fraction of sp³-hybridized carbons (Fsp3) is 0.261. The van der Waals surface area contributed by atoms with E-state index in [1.54, 1.807) is 22.7 Å². The number of anilines is 1. The molecule has 1 aliphatic rings. The normalized spacial score (nSPS) is 14.7. The van der Waals surface area contributed by atoms with Gasteiger partial charge in [0.15, 0.2) is 5.82 Å². The first-order valence-corrected chi connectivity index (χ1v) is 10.3. The largest absolute Gasteiger partial charge is 0.339 e. The average Bonchev–Trinajstić information content (AvgIpc) is 3.24. The molecule has 0 atom stereocenters. The number of carbonyl (C=O) groups excluding carboxylic acids is 2. The van der Waals surface area contributed by atoms with Gasteiger partial charge in [0.2, 0.25) is 11.8 Å². The van der Waals surface area contributed by atoms with E-state index in [2.05, 4.69) is 20.8 Å². The van der Waals surface area contributed by atoms with Crippen LogP contribution in [0, 0.1) is 5.92 Å². The molecule has 158 valence electrons. The Labute approximate surface area is 180 Å². The van der Waals surface area contributed by atoms with Gasteiger partial charge in [0.25, 0.3) is 0 Å². The lowest BCUT2D eigenvalue weighted by atomic mass is 9.95. The molecule has 31 heavy (non-hydrogen) atoms. The Morgan fingerprint density at radius 2 is 1.84 bits per heavy atom. The zero-order chi connectivity index (χ0) is 21.6. The molecule has 0 radical (unpaired) electrons. The van der Waals surface area contributed by atoms with Crippen molar-refractivity contribution in [3.05, 3.63) is 66.2 Å². The van der Waals surface area contributed by atoms with Crippen molar-refractivity contribution in [1.29, 1.82) is 0 Å². The first kappa shape index (κ1) is 20.5. The maximum absolute atomic E-state index is 12.7. The topological polar surface area (TPSA) is 93.0 Å². The quantitative estimate of drug-likeness (QED) is 0.646. The summed E-state index contributed by atoms with van der Waals surface area (Å²) in [5, 5.41) is 14.5. The molecule has 3 aromatic rings. The van der Waals surface area contributed by atoms with Crippen molar-refractivity contribution in [3.8, 4) is 11.4 Å². The molecule has 1 aromatic heterocycles. The Kier molecular flexibility index (Phi) is 6.16. The zero-order valence-corrected chi connectivity index (χ0v) is 17.3. The summed E-state index contributed by atoms with van der Waals surface area (Å²) in [6, 6.07) is 17.2. The SMILES string of the molecule is Cn1nnnc1-c1cccc(NC(=O)C2CCN(C(=O)/C=C/c3ccccc3)CC2)c1. The molecule has 2 aromatic carbocycles. The van der Waals surface area contributed by atoms with Gasteiger partial charge < -0.3 is 10.2 Å². The molecule has 2 heterocycles. The number of tetrazole rings is 1. The van der Waals surface area contributed by atoms with E-state index in [0.29, 0.717) is 37.4 Å². The Balaban J connectivity index is 1.31. The van der Waals surface area contributed by atoms with Gasteiger partial charge in [0.05, 0.1) is 0 Å². The van der Waals surface area contributed by atoms with Gasteiger partial charge in [-0.2, -0.15) is 0 Å². The van der Waals surface area contributed by atoms with Gasteiger partial charge in [-0.15, -0.1) is 5.10 Å². The molecule has 1 aliphatic heterocycles. The predicted octanol–water partition coefficient (Wildman–Crippen LogP) is 2.77. The van der Waals surface area contributed by atoms with Crippen molar-refractivity contribution in [1.82, 2.24) is 25.1 Å². The fourth-order valence-corrected chi connectivity index (χ4v) is 3.65. The van der Waals surface area contributed by atoms with Gasteiger partial charge in [-0.1, -0.05) is 42.5 Å². The third-order valence-electron chi connectivity index (χ3n) is 5.40. The van der Waals surface area contributed by atoms with E-state index < -0.39 is 0 Å². The van der Waals surface area contributed by atoms with Crippen molar-refractivity contribution >= 4 is 23.6 Å². The minimum Gasteiger partial charge on any atom is -0.339 e. The predicted molar refractivity (Wildman–Crippen MR) is 118 cm³/mol. The highest BCUT2D eigenvalue weighted by Crippen LogP contribution is 2.23. The molecule has 2 amide bonds. The Morgan fingerprint density at radius 3 is 2.55 bits per heavy atom. The Bertz CT molecular complexity index is 1080. The summed E-state index contributed by atoms with van der Waals surface area (Å²) < 4.78 is 1.58. The van der Waals surface area contributed by atoms with Crippen LogP contribution in [0.4, 0.5) is 5.69 Å². The fourth-order valence-electron chi connectivity index (χ4n) is 3.65. The first-order chi connectivity index (χ1) is 15.1. The molecule has 0 bridgehead atoms. The summed E-state index contributed by atoms with van der Waals surface area (Å²) >= 11 is 0. The number of nitrogens with one attached hydrogen (secondary N) is 1. The number of aromatic nitrogens is 4. The standard InChI is InChI=1S/C23H24N6O2/c1-28-22(25-26-27-28)19-8-5-9-20(16-19)24-23(31)18-12-14-29(15-13-18)21(30)11-10-17-6-3-2-4-7-17/h2-11,16,18H,12-15H2,1H3,(H,24,31)/b11-10+. The van der Waals surface area contributed by atoms with Crippen molar-refractivity contribution in [3.63, 3.8) is 0 Å². The van der Waals surface area contributed by atoms with Crippen LogP contribution in [-0.4, -0.2) is 50.0 Å². The van der Waals surface area contributed by atoms with E-state index in [1.807, 2.05) is 60.7 Å². The number of piperidine rings is 1. The van der Waals surface area contributed by atoms with Gasteiger partial charge >= 0.3 is 0 Å². The summed E-state index contributed by atoms with van der Waals surface area (Å²) in [7, 11) is 1.77. The molecule has 0 spiro atoms. The van der Waals surface area contributed by atoms with Crippen LogP contribution in [0.2, 0.25) is 0 Å². The smallest absolute Gasteiger partial charge is 0.246 e. The molecule has 8 nitrogen and oxygen atoms in total. The number of hydrogen-bond donors (Lipinski definition) is 1. The molecule has 1 fully saturated rings. The van der Waals surface area contributed by atoms with Crippen LogP contribution in [-0.2, 0) is 16.6 Å². The minimum atomic E-state index is -0.123. The van der Waals surface area contributed by atoms with Gasteiger partial charge in [0.1, 0.15) is 0 Å². The number of carbonyl (C=O) groups is 2. The third-order valence-corrected chi connectivity index (χ3v) is 5.40. The molecule has 0 aliphatic carbocycles. The summed E-state index contributed by atoms with van der Waals surface area (Å²) in [6.45, 7) is 1.14. The Hall–Kier alpha value is -3.81. The number of rotatable bonds is 5.